The molecule has 2 atom stereocenters. The van der Waals surface area contributed by atoms with Crippen LogP contribution in [0.4, 0.5) is 5.00 Å². The Kier molecular flexibility index (Phi) is 10.7. The molecular weight excluding hydrogens is 776 g/mol. The molecular formula is C42H41ClN10O4S. The van der Waals surface area contributed by atoms with Gasteiger partial charge in [-0.05, 0) is 56.5 Å². The van der Waals surface area contributed by atoms with Crippen molar-refractivity contribution < 1.29 is 19.2 Å². The van der Waals surface area contributed by atoms with Crippen molar-refractivity contribution in [3.8, 4) is 11.8 Å². The Morgan fingerprint density at radius 1 is 0.983 bits per heavy atom. The molecule has 4 aliphatic rings. The summed E-state index contributed by atoms with van der Waals surface area (Å²) in [6.45, 7) is 10.7. The molecule has 16 heteroatoms. The first-order valence-corrected chi connectivity index (χ1v) is 20.3. The molecule has 4 aliphatic heterocycles. The minimum atomic E-state index is -0.991. The summed E-state index contributed by atoms with van der Waals surface area (Å²) in [7, 11) is 0. The molecule has 0 radical (unpaired) electrons. The Balaban J connectivity index is 0.899. The second kappa shape index (κ2) is 15.9. The van der Waals surface area contributed by atoms with Gasteiger partial charge in [-0.15, -0.1) is 11.3 Å². The van der Waals surface area contributed by atoms with Crippen LogP contribution >= 0.6 is 22.9 Å². The van der Waals surface area contributed by atoms with E-state index in [1.807, 2.05) is 55.1 Å². The monoisotopic (exact) mass is 816 g/mol. The number of carbonyl (C=O) groups excluding carboxylic acids is 4. The van der Waals surface area contributed by atoms with Crippen LogP contribution in [0.2, 0.25) is 5.02 Å². The number of hydrogen-bond donors (Lipinski definition) is 3. The maximum absolute atomic E-state index is 13.5. The van der Waals surface area contributed by atoms with Gasteiger partial charge in [-0.2, -0.15) is 5.10 Å². The number of amidine groups is 2. The van der Waals surface area contributed by atoms with Crippen LogP contribution in [-0.4, -0.2) is 110 Å². The first kappa shape index (κ1) is 39.1. The molecule has 1 unspecified atom stereocenters. The molecule has 4 amide bonds. The number of amides is 4. The number of halogens is 1. The summed E-state index contributed by atoms with van der Waals surface area (Å²) in [5.74, 6) is 5.10. The van der Waals surface area contributed by atoms with E-state index in [1.54, 1.807) is 30.2 Å². The first-order valence-electron chi connectivity index (χ1n) is 19.1. The predicted octanol–water partition coefficient (Wildman–Crippen LogP) is 4.55. The van der Waals surface area contributed by atoms with Crippen molar-refractivity contribution in [1.29, 1.82) is 10.8 Å². The molecule has 6 heterocycles. The molecule has 2 saturated heterocycles. The number of nitrogens with zero attached hydrogens (tertiary/aromatic N) is 7. The number of nitrogens with one attached hydrogen (secondary N) is 3. The van der Waals surface area contributed by atoms with E-state index in [0.717, 1.165) is 81.0 Å². The minimum Gasteiger partial charge on any atom is -0.299 e. The van der Waals surface area contributed by atoms with Gasteiger partial charge < -0.3 is 0 Å². The Morgan fingerprint density at radius 2 is 1.72 bits per heavy atom. The molecule has 8 rings (SSSR count). The number of piperidine rings is 1. The van der Waals surface area contributed by atoms with E-state index in [9.17, 15) is 19.2 Å². The van der Waals surface area contributed by atoms with E-state index in [1.165, 1.54) is 11.3 Å². The van der Waals surface area contributed by atoms with Gasteiger partial charge in [-0.3, -0.25) is 64.6 Å². The van der Waals surface area contributed by atoms with Crippen LogP contribution in [0.5, 0.6) is 0 Å². The largest absolute Gasteiger partial charge is 0.299 e. The minimum absolute atomic E-state index is 0.0806. The number of anilines is 1. The number of thiophene rings is 1. The van der Waals surface area contributed by atoms with Crippen LogP contribution in [-0.2, 0) is 22.7 Å². The quantitative estimate of drug-likeness (QED) is 0.106. The van der Waals surface area contributed by atoms with Crippen LogP contribution in [0.1, 0.15) is 80.1 Å². The number of hydrogen-bond acceptors (Lipinski definition) is 11. The van der Waals surface area contributed by atoms with E-state index >= 15 is 0 Å². The summed E-state index contributed by atoms with van der Waals surface area (Å²) < 4.78 is 1.89. The summed E-state index contributed by atoms with van der Waals surface area (Å²) in [6.07, 6.45) is 3.91. The molecule has 3 N–H and O–H groups in total. The molecule has 0 spiro atoms. The third kappa shape index (κ3) is 7.40. The molecule has 4 aromatic rings. The Morgan fingerprint density at radius 3 is 2.45 bits per heavy atom. The smallest absolute Gasteiger partial charge is 0.262 e. The van der Waals surface area contributed by atoms with Crippen molar-refractivity contribution in [3.05, 3.63) is 104 Å². The Hall–Kier alpha value is -5.79. The fourth-order valence-electron chi connectivity index (χ4n) is 7.88. The number of benzene rings is 2. The number of imide groups is 2. The van der Waals surface area contributed by atoms with Gasteiger partial charge in [0.05, 0.1) is 40.0 Å². The molecule has 2 fully saturated rings. The lowest BCUT2D eigenvalue weighted by molar-refractivity contribution is -0.136. The molecule has 296 valence electrons. The second-order valence-corrected chi connectivity index (χ2v) is 16.3. The van der Waals surface area contributed by atoms with Crippen LogP contribution in [0.25, 0.3) is 0 Å². The summed E-state index contributed by atoms with van der Waals surface area (Å²) in [5.41, 5.74) is 5.60. The van der Waals surface area contributed by atoms with E-state index in [4.69, 9.17) is 27.4 Å². The highest BCUT2D eigenvalue weighted by atomic mass is 35.5. The maximum Gasteiger partial charge on any atom is 0.262 e. The van der Waals surface area contributed by atoms with Gasteiger partial charge in [0.25, 0.3) is 11.8 Å². The lowest BCUT2D eigenvalue weighted by Crippen LogP contribution is -2.54. The second-order valence-electron chi connectivity index (χ2n) is 14.8. The number of piperazine rings is 1. The van der Waals surface area contributed by atoms with Gasteiger partial charge in [-0.1, -0.05) is 47.7 Å². The molecule has 0 bridgehead atoms. The van der Waals surface area contributed by atoms with E-state index < -0.39 is 35.7 Å². The number of carbonyl (C=O) groups is 4. The molecule has 58 heavy (non-hydrogen) atoms. The van der Waals surface area contributed by atoms with Crippen molar-refractivity contribution >= 4 is 69.0 Å². The van der Waals surface area contributed by atoms with Gasteiger partial charge in [0.1, 0.15) is 28.8 Å². The maximum atomic E-state index is 13.5. The summed E-state index contributed by atoms with van der Waals surface area (Å²) in [6, 6.07) is 11.3. The van der Waals surface area contributed by atoms with Gasteiger partial charge in [-0.25, -0.2) is 0 Å². The van der Waals surface area contributed by atoms with Crippen LogP contribution in [0.3, 0.4) is 0 Å². The van der Waals surface area contributed by atoms with Crippen LogP contribution in [0, 0.1) is 29.6 Å². The third-order valence-electron chi connectivity index (χ3n) is 11.0. The van der Waals surface area contributed by atoms with Crippen LogP contribution in [0.15, 0.2) is 59.9 Å². The zero-order chi connectivity index (χ0) is 40.8. The Labute approximate surface area is 344 Å². The van der Waals surface area contributed by atoms with Crippen molar-refractivity contribution in [1.82, 2.24) is 29.8 Å². The van der Waals surface area contributed by atoms with Gasteiger partial charge in [0.15, 0.2) is 0 Å². The standard InChI is InChI=1S/C42H41ClN10O4S/c1-24-33(58-42-35(24)37(28-8-10-30(43)11-9-28)47-25(2)38(45)52(42)26(3)44)13-7-27-21-46-51(22-27)20-19-49-15-17-50(18-16-49)23-29-5-4-6-31-36(29)41(57)53(40(31)56)32-12-14-34(54)48-39(32)55/h4-6,8-11,21-22,25,32,44-45H,12,14-20,23H2,1-3H3,(H,48,54,55)/t25-,32?/m0/s1. The predicted molar refractivity (Wildman–Crippen MR) is 222 cm³/mol. The van der Waals surface area contributed by atoms with Gasteiger partial charge in [0, 0.05) is 68.0 Å². The van der Waals surface area contributed by atoms with Crippen molar-refractivity contribution in [2.24, 2.45) is 4.99 Å². The zero-order valence-electron chi connectivity index (χ0n) is 32.3. The van der Waals surface area contributed by atoms with E-state index in [2.05, 4.69) is 32.1 Å². The SMILES string of the molecule is CC(=N)N1C(=N)[C@H](C)N=C(c2ccc(Cl)cc2)c2c1sc(C#Cc1cnn(CCN3CCN(Cc4cccc5c4C(=O)N(C4CCC(=O)NC4=O)C5=O)CC3)c1)c2C. The molecule has 0 aliphatic carbocycles. The summed E-state index contributed by atoms with van der Waals surface area (Å²) >= 11 is 7.66. The van der Waals surface area contributed by atoms with Gasteiger partial charge in [0.2, 0.25) is 11.8 Å². The number of fused-ring (bicyclic) bond motifs is 2. The fraction of sp³-hybridized carbons (Fsp3) is 0.333. The van der Waals surface area contributed by atoms with Crippen molar-refractivity contribution in [2.45, 2.75) is 58.8 Å². The average molecular weight is 817 g/mol. The fourth-order valence-corrected chi connectivity index (χ4v) is 9.24. The Bertz CT molecular complexity index is 2490. The highest BCUT2D eigenvalue weighted by Crippen LogP contribution is 2.40. The molecule has 0 saturated carbocycles. The lowest BCUT2D eigenvalue weighted by atomic mass is 9.99. The third-order valence-corrected chi connectivity index (χ3v) is 12.4. The normalized spacial score (nSPS) is 20.0. The first-order chi connectivity index (χ1) is 27.9. The lowest BCUT2D eigenvalue weighted by Gasteiger charge is -2.35. The summed E-state index contributed by atoms with van der Waals surface area (Å²) in [5, 5.41) is 25.6. The number of aliphatic imine (C=N–C) groups is 1. The highest BCUT2D eigenvalue weighted by molar-refractivity contribution is 7.17. The van der Waals surface area contributed by atoms with Crippen molar-refractivity contribution in [2.75, 3.05) is 37.6 Å². The molecule has 2 aromatic heterocycles. The van der Waals surface area contributed by atoms with Crippen molar-refractivity contribution in [3.63, 3.8) is 0 Å². The topological polar surface area (TPSA) is 171 Å². The van der Waals surface area contributed by atoms with E-state index in [0.29, 0.717) is 29.2 Å². The number of aromatic nitrogens is 2. The molecule has 2 aromatic carbocycles. The zero-order valence-corrected chi connectivity index (χ0v) is 33.8. The highest BCUT2D eigenvalue weighted by Gasteiger charge is 2.45. The summed E-state index contributed by atoms with van der Waals surface area (Å²) in [4.78, 5) is 64.1. The van der Waals surface area contributed by atoms with Crippen LogP contribution < -0.4 is 10.2 Å². The van der Waals surface area contributed by atoms with E-state index in [-0.39, 0.29) is 24.5 Å². The molecule has 14 nitrogen and oxygen atoms in total. The average Bonchev–Trinajstić information content (AvgIpc) is 3.84. The number of rotatable bonds is 7. The van der Waals surface area contributed by atoms with Gasteiger partial charge >= 0.3 is 0 Å².